The number of hydrogen-bond donors (Lipinski definition) is 2. The van der Waals surface area contributed by atoms with Gasteiger partial charge >= 0.3 is 6.18 Å². The Hall–Kier alpha value is -1.03. The number of nitrogens with one attached hydrogen (secondary N) is 2. The second-order valence-corrected chi connectivity index (χ2v) is 7.95. The van der Waals surface area contributed by atoms with Crippen molar-refractivity contribution in [3.05, 3.63) is 0 Å². The molecule has 1 saturated heterocycles. The van der Waals surface area contributed by atoms with E-state index in [1.165, 1.54) is 4.90 Å². The van der Waals surface area contributed by atoms with Gasteiger partial charge in [-0.3, -0.25) is 9.89 Å². The molecule has 0 aromatic carbocycles. The molecule has 0 bridgehead atoms. The molecule has 0 radical (unpaired) electrons. The van der Waals surface area contributed by atoms with Crippen molar-refractivity contribution in [2.24, 2.45) is 4.99 Å². The van der Waals surface area contributed by atoms with Crippen LogP contribution in [0.15, 0.2) is 4.99 Å². The Morgan fingerprint density at radius 3 is 2.61 bits per heavy atom. The van der Waals surface area contributed by atoms with E-state index >= 15 is 0 Å². The van der Waals surface area contributed by atoms with Gasteiger partial charge in [0.2, 0.25) is 0 Å². The van der Waals surface area contributed by atoms with Crippen LogP contribution in [0, 0.1) is 0 Å². The first-order chi connectivity index (χ1) is 10.6. The summed E-state index contributed by atoms with van der Waals surface area (Å²) in [4.78, 5) is 5.53. The maximum absolute atomic E-state index is 12.4. The maximum atomic E-state index is 12.4. The van der Waals surface area contributed by atoms with Crippen LogP contribution in [0.25, 0.3) is 0 Å². The molecule has 0 saturated carbocycles. The van der Waals surface area contributed by atoms with Crippen LogP contribution in [0.1, 0.15) is 20.3 Å². The van der Waals surface area contributed by atoms with Crippen molar-refractivity contribution >= 4 is 15.8 Å². The lowest BCUT2D eigenvalue weighted by atomic mass is 10.3. The van der Waals surface area contributed by atoms with Gasteiger partial charge in [0.1, 0.15) is 0 Å². The van der Waals surface area contributed by atoms with Gasteiger partial charge < -0.3 is 10.6 Å². The highest BCUT2D eigenvalue weighted by Crippen LogP contribution is 2.19. The molecule has 23 heavy (non-hydrogen) atoms. The molecule has 1 heterocycles. The van der Waals surface area contributed by atoms with Crippen molar-refractivity contribution in [3.63, 3.8) is 0 Å². The lowest BCUT2D eigenvalue weighted by Gasteiger charge is -2.19. The zero-order valence-electron chi connectivity index (χ0n) is 13.5. The summed E-state index contributed by atoms with van der Waals surface area (Å²) in [7, 11) is -3.08. The Balaban J connectivity index is 2.50. The molecule has 1 aliphatic heterocycles. The minimum absolute atomic E-state index is 0.0368. The van der Waals surface area contributed by atoms with E-state index in [1.54, 1.807) is 6.92 Å². The van der Waals surface area contributed by atoms with Crippen molar-refractivity contribution in [1.82, 2.24) is 15.5 Å². The summed E-state index contributed by atoms with van der Waals surface area (Å²) in [6.07, 6.45) is -3.60. The van der Waals surface area contributed by atoms with E-state index in [0.29, 0.717) is 25.5 Å². The van der Waals surface area contributed by atoms with Crippen LogP contribution < -0.4 is 10.6 Å². The smallest absolute Gasteiger partial charge is 0.357 e. The highest BCUT2D eigenvalue weighted by molar-refractivity contribution is 7.91. The number of aliphatic imine (C=N–C) groups is 1. The van der Waals surface area contributed by atoms with Crippen LogP contribution in [-0.4, -0.2) is 75.7 Å². The summed E-state index contributed by atoms with van der Waals surface area (Å²) in [6.45, 7) is 3.92. The molecule has 0 amide bonds. The maximum Gasteiger partial charge on any atom is 0.401 e. The first-order valence-electron chi connectivity index (χ1n) is 7.69. The van der Waals surface area contributed by atoms with Crippen molar-refractivity contribution in [2.45, 2.75) is 32.5 Å². The third kappa shape index (κ3) is 8.40. The highest BCUT2D eigenvalue weighted by Gasteiger charge is 2.34. The van der Waals surface area contributed by atoms with Gasteiger partial charge in [-0.1, -0.05) is 6.92 Å². The molecule has 1 aliphatic rings. The lowest BCUT2D eigenvalue weighted by Crippen LogP contribution is -2.45. The summed E-state index contributed by atoms with van der Waals surface area (Å²) in [6, 6.07) is -0.127. The summed E-state index contributed by atoms with van der Waals surface area (Å²) in [5.41, 5.74) is 0. The Labute approximate surface area is 135 Å². The molecule has 10 heteroatoms. The molecular formula is C13H25F3N4O2S. The number of halogens is 3. The Morgan fingerprint density at radius 1 is 1.35 bits per heavy atom. The predicted molar refractivity (Wildman–Crippen MR) is 84.3 cm³/mol. The zero-order chi connectivity index (χ0) is 17.5. The molecule has 6 nitrogen and oxygen atoms in total. The number of likely N-dealkylation sites (tertiary alicyclic amines) is 1. The lowest BCUT2D eigenvalue weighted by molar-refractivity contribution is -0.143. The largest absolute Gasteiger partial charge is 0.401 e. The first kappa shape index (κ1) is 20.0. The van der Waals surface area contributed by atoms with Gasteiger partial charge in [0.05, 0.1) is 18.8 Å². The molecule has 0 aromatic heterocycles. The second-order valence-electron chi connectivity index (χ2n) is 5.48. The minimum Gasteiger partial charge on any atom is -0.357 e. The zero-order valence-corrected chi connectivity index (χ0v) is 14.3. The minimum atomic E-state index is -4.19. The second kappa shape index (κ2) is 8.72. The van der Waals surface area contributed by atoms with Crippen molar-refractivity contribution in [1.29, 1.82) is 0 Å². The van der Waals surface area contributed by atoms with Crippen molar-refractivity contribution in [2.75, 3.05) is 44.2 Å². The first-order valence-corrected chi connectivity index (χ1v) is 9.51. The average molecular weight is 358 g/mol. The molecule has 0 aliphatic carbocycles. The highest BCUT2D eigenvalue weighted by atomic mass is 32.2. The summed E-state index contributed by atoms with van der Waals surface area (Å²) in [5.74, 6) is 0.476. The van der Waals surface area contributed by atoms with Crippen molar-refractivity contribution < 1.29 is 21.6 Å². The predicted octanol–water partition coefficient (Wildman–Crippen LogP) is 0.613. The number of sulfone groups is 1. The van der Waals surface area contributed by atoms with Crippen LogP contribution >= 0.6 is 0 Å². The normalized spacial score (nSPS) is 20.7. The monoisotopic (exact) mass is 358 g/mol. The molecule has 136 valence electrons. The number of hydrogen-bond acceptors (Lipinski definition) is 4. The summed E-state index contributed by atoms with van der Waals surface area (Å²) in [5, 5.41) is 6.05. The molecule has 1 fully saturated rings. The van der Waals surface area contributed by atoms with Crippen molar-refractivity contribution in [3.8, 4) is 0 Å². The van der Waals surface area contributed by atoms with Gasteiger partial charge in [-0.2, -0.15) is 13.2 Å². The summed E-state index contributed by atoms with van der Waals surface area (Å²) < 4.78 is 60.0. The van der Waals surface area contributed by atoms with E-state index in [2.05, 4.69) is 15.6 Å². The summed E-state index contributed by atoms with van der Waals surface area (Å²) >= 11 is 0. The number of guanidine groups is 1. The van der Waals surface area contributed by atoms with Gasteiger partial charge in [-0.05, 0) is 13.3 Å². The number of nitrogens with zero attached hydrogens (tertiary/aromatic N) is 2. The van der Waals surface area contributed by atoms with E-state index < -0.39 is 22.6 Å². The molecule has 1 atom stereocenters. The standard InChI is InChI=1S/C13H25F3N4O2S/c1-3-17-12(18-6-8-23(21,22)4-2)19-11-5-7-20(9-11)10-13(14,15)16/h11H,3-10H2,1-2H3,(H2,17,18,19). The Morgan fingerprint density at radius 2 is 2.04 bits per heavy atom. The topological polar surface area (TPSA) is 73.8 Å². The van der Waals surface area contributed by atoms with Crippen LogP contribution in [0.5, 0.6) is 0 Å². The van der Waals surface area contributed by atoms with E-state index in [4.69, 9.17) is 0 Å². The fourth-order valence-electron chi connectivity index (χ4n) is 2.30. The van der Waals surface area contributed by atoms with Gasteiger partial charge in [0, 0.05) is 31.4 Å². The van der Waals surface area contributed by atoms with Crippen LogP contribution in [0.2, 0.25) is 0 Å². The third-order valence-corrected chi connectivity index (χ3v) is 5.16. The Bertz CT molecular complexity index is 494. The van der Waals surface area contributed by atoms with Crippen LogP contribution in [0.4, 0.5) is 13.2 Å². The van der Waals surface area contributed by atoms with Crippen LogP contribution in [0.3, 0.4) is 0 Å². The third-order valence-electron chi connectivity index (χ3n) is 3.47. The molecule has 1 unspecified atom stereocenters. The Kier molecular flexibility index (Phi) is 7.59. The molecule has 2 N–H and O–H groups in total. The molecule has 1 rings (SSSR count). The fraction of sp³-hybridized carbons (Fsp3) is 0.923. The fourth-order valence-corrected chi connectivity index (χ4v) is 2.96. The molecule has 0 aromatic rings. The van der Waals surface area contributed by atoms with Crippen LogP contribution in [-0.2, 0) is 9.84 Å². The molecular weight excluding hydrogens is 333 g/mol. The van der Waals surface area contributed by atoms with Gasteiger partial charge in [0.25, 0.3) is 0 Å². The van der Waals surface area contributed by atoms with Gasteiger partial charge in [-0.25, -0.2) is 8.42 Å². The van der Waals surface area contributed by atoms with E-state index in [0.717, 1.165) is 0 Å². The van der Waals surface area contributed by atoms with E-state index in [-0.39, 0.29) is 30.6 Å². The quantitative estimate of drug-likeness (QED) is 0.515. The number of alkyl halides is 3. The SMILES string of the molecule is CCNC(=NCCS(=O)(=O)CC)NC1CCN(CC(F)(F)F)C1. The average Bonchev–Trinajstić information content (AvgIpc) is 2.83. The van der Waals surface area contributed by atoms with E-state index in [1.807, 2.05) is 6.92 Å². The van der Waals surface area contributed by atoms with Gasteiger partial charge in [-0.15, -0.1) is 0 Å². The number of rotatable bonds is 7. The molecule has 0 spiro atoms. The van der Waals surface area contributed by atoms with E-state index in [9.17, 15) is 21.6 Å². The van der Waals surface area contributed by atoms with Gasteiger partial charge in [0.15, 0.2) is 15.8 Å².